The van der Waals surface area contributed by atoms with Gasteiger partial charge in [0.1, 0.15) is 0 Å². The van der Waals surface area contributed by atoms with Crippen molar-refractivity contribution in [3.63, 3.8) is 0 Å². The topological polar surface area (TPSA) is 12.4 Å². The first kappa shape index (κ1) is 12.7. The number of fused-ring (bicyclic) bond motifs is 1. The zero-order valence-electron chi connectivity index (χ0n) is 10.0. The van der Waals surface area contributed by atoms with Gasteiger partial charge in [-0.3, -0.25) is 4.99 Å². The van der Waals surface area contributed by atoms with Crippen LogP contribution in [-0.2, 0) is 0 Å². The fourth-order valence-corrected chi connectivity index (χ4v) is 2.45. The molecule has 1 aromatic carbocycles. The van der Waals surface area contributed by atoms with E-state index in [1.807, 2.05) is 45.2 Å². The van der Waals surface area contributed by atoms with Gasteiger partial charge in [-0.1, -0.05) is 38.6 Å². The lowest BCUT2D eigenvalue weighted by atomic mass is 10.2. The zero-order chi connectivity index (χ0) is 12.0. The quantitative estimate of drug-likeness (QED) is 0.622. The highest BCUT2D eigenvalue weighted by Crippen LogP contribution is 2.38. The molecule has 0 radical (unpaired) electrons. The third-order valence-corrected chi connectivity index (χ3v) is 3.19. The molecule has 1 aromatic heterocycles. The molecule has 0 atom stereocenters. The summed E-state index contributed by atoms with van der Waals surface area (Å²) in [5, 5.41) is 1.21. The fraction of sp³-hybridized carbons (Fsp3) is 0.214. The van der Waals surface area contributed by atoms with E-state index in [0.29, 0.717) is 0 Å². The SMILES string of the molecule is C=Cc1sc2ccccc2c1N=CC.CC. The normalized spacial score (nSPS) is 10.2. The van der Waals surface area contributed by atoms with Gasteiger partial charge in [-0.2, -0.15) is 0 Å². The van der Waals surface area contributed by atoms with Crippen LogP contribution in [0.2, 0.25) is 0 Å². The van der Waals surface area contributed by atoms with E-state index >= 15 is 0 Å². The Bertz CT molecular complexity index is 494. The molecule has 0 N–H and O–H groups in total. The minimum Gasteiger partial charge on any atom is -0.259 e. The third kappa shape index (κ3) is 2.39. The molecule has 0 saturated heterocycles. The third-order valence-electron chi connectivity index (χ3n) is 2.04. The van der Waals surface area contributed by atoms with Gasteiger partial charge in [-0.15, -0.1) is 11.3 Å². The van der Waals surface area contributed by atoms with Crippen LogP contribution in [0.25, 0.3) is 16.2 Å². The summed E-state index contributed by atoms with van der Waals surface area (Å²) in [6.07, 6.45) is 3.69. The summed E-state index contributed by atoms with van der Waals surface area (Å²) in [5.74, 6) is 0. The summed E-state index contributed by atoms with van der Waals surface area (Å²) in [6, 6.07) is 8.30. The van der Waals surface area contributed by atoms with Gasteiger partial charge in [-0.25, -0.2) is 0 Å². The maximum Gasteiger partial charge on any atom is 0.0884 e. The van der Waals surface area contributed by atoms with Crippen molar-refractivity contribution in [2.24, 2.45) is 4.99 Å². The second kappa shape index (κ2) is 6.23. The predicted octanol–water partition coefficient (Wildman–Crippen LogP) is 5.29. The minimum atomic E-state index is 1.04. The van der Waals surface area contributed by atoms with Gasteiger partial charge in [0, 0.05) is 16.3 Å². The molecule has 0 unspecified atom stereocenters. The van der Waals surface area contributed by atoms with Crippen LogP contribution in [0.3, 0.4) is 0 Å². The van der Waals surface area contributed by atoms with E-state index in [9.17, 15) is 0 Å². The van der Waals surface area contributed by atoms with Crippen LogP contribution >= 0.6 is 11.3 Å². The summed E-state index contributed by atoms with van der Waals surface area (Å²) < 4.78 is 1.27. The molecule has 0 aliphatic heterocycles. The lowest BCUT2D eigenvalue weighted by molar-refractivity contribution is 1.50. The van der Waals surface area contributed by atoms with Crippen molar-refractivity contribution in [1.82, 2.24) is 0 Å². The van der Waals surface area contributed by atoms with Crippen molar-refractivity contribution in [3.8, 4) is 0 Å². The van der Waals surface area contributed by atoms with E-state index in [1.54, 1.807) is 11.3 Å². The Balaban J connectivity index is 0.000000606. The summed E-state index contributed by atoms with van der Waals surface area (Å²) in [6.45, 7) is 9.74. The Labute approximate surface area is 101 Å². The Morgan fingerprint density at radius 2 is 1.94 bits per heavy atom. The standard InChI is InChI=1S/C12H11NS.C2H6/c1-3-10-12(13-4-2)9-7-5-6-8-11(9)14-10;1-2/h3-8H,1H2,2H3;1-2H3. The average Bonchev–Trinajstić information content (AvgIpc) is 2.71. The molecule has 2 rings (SSSR count). The van der Waals surface area contributed by atoms with Gasteiger partial charge in [0.2, 0.25) is 0 Å². The minimum absolute atomic E-state index is 1.04. The summed E-state index contributed by atoms with van der Waals surface area (Å²) in [7, 11) is 0. The number of benzene rings is 1. The highest BCUT2D eigenvalue weighted by molar-refractivity contribution is 7.20. The lowest BCUT2D eigenvalue weighted by Crippen LogP contribution is -1.66. The van der Waals surface area contributed by atoms with Crippen molar-refractivity contribution in [2.45, 2.75) is 20.8 Å². The molecule has 84 valence electrons. The van der Waals surface area contributed by atoms with Gasteiger partial charge in [0.15, 0.2) is 0 Å². The molecule has 0 fully saturated rings. The maximum atomic E-state index is 4.38. The Hall–Kier alpha value is -1.41. The highest BCUT2D eigenvalue weighted by Gasteiger charge is 2.06. The summed E-state index contributed by atoms with van der Waals surface area (Å²) in [4.78, 5) is 5.52. The van der Waals surface area contributed by atoms with E-state index in [0.717, 1.165) is 10.6 Å². The summed E-state index contributed by atoms with van der Waals surface area (Å²) in [5.41, 5.74) is 1.04. The predicted molar refractivity (Wildman–Crippen MR) is 77.1 cm³/mol. The van der Waals surface area contributed by atoms with E-state index in [-0.39, 0.29) is 0 Å². The molecule has 0 bridgehead atoms. The van der Waals surface area contributed by atoms with Crippen molar-refractivity contribution in [1.29, 1.82) is 0 Å². The van der Waals surface area contributed by atoms with Gasteiger partial charge >= 0.3 is 0 Å². The second-order valence-corrected chi connectivity index (χ2v) is 3.99. The van der Waals surface area contributed by atoms with E-state index < -0.39 is 0 Å². The number of hydrogen-bond donors (Lipinski definition) is 0. The number of nitrogens with zero attached hydrogens (tertiary/aromatic N) is 1. The van der Waals surface area contributed by atoms with Gasteiger partial charge in [0.05, 0.1) is 10.6 Å². The smallest absolute Gasteiger partial charge is 0.0884 e. The molecule has 0 spiro atoms. The number of rotatable bonds is 2. The van der Waals surface area contributed by atoms with Crippen molar-refractivity contribution >= 4 is 39.4 Å². The molecular weight excluding hydrogens is 214 g/mol. The van der Waals surface area contributed by atoms with Crippen molar-refractivity contribution in [2.75, 3.05) is 0 Å². The van der Waals surface area contributed by atoms with Crippen LogP contribution in [0.1, 0.15) is 25.6 Å². The van der Waals surface area contributed by atoms with E-state index in [2.05, 4.69) is 23.7 Å². The number of aliphatic imine (C=N–C) groups is 1. The average molecular weight is 231 g/mol. The number of hydrogen-bond acceptors (Lipinski definition) is 2. The van der Waals surface area contributed by atoms with Gasteiger partial charge in [0.25, 0.3) is 0 Å². The maximum absolute atomic E-state index is 4.38. The van der Waals surface area contributed by atoms with E-state index in [1.165, 1.54) is 10.1 Å². The molecule has 1 heterocycles. The number of thiophene rings is 1. The van der Waals surface area contributed by atoms with Crippen LogP contribution in [-0.4, -0.2) is 6.21 Å². The first-order valence-corrected chi connectivity index (χ1v) is 6.31. The molecule has 1 nitrogen and oxygen atoms in total. The van der Waals surface area contributed by atoms with E-state index in [4.69, 9.17) is 0 Å². The molecule has 2 heteroatoms. The van der Waals surface area contributed by atoms with Crippen LogP contribution < -0.4 is 0 Å². The highest BCUT2D eigenvalue weighted by atomic mass is 32.1. The monoisotopic (exact) mass is 231 g/mol. The Morgan fingerprint density at radius 3 is 2.56 bits per heavy atom. The van der Waals surface area contributed by atoms with Crippen LogP contribution in [0.5, 0.6) is 0 Å². The summed E-state index contributed by atoms with van der Waals surface area (Å²) >= 11 is 1.73. The Morgan fingerprint density at radius 1 is 1.25 bits per heavy atom. The fourth-order valence-electron chi connectivity index (χ4n) is 1.45. The molecule has 16 heavy (non-hydrogen) atoms. The van der Waals surface area contributed by atoms with Crippen LogP contribution in [0, 0.1) is 0 Å². The van der Waals surface area contributed by atoms with Gasteiger partial charge in [-0.05, 0) is 19.1 Å². The molecule has 0 saturated carbocycles. The zero-order valence-corrected chi connectivity index (χ0v) is 10.8. The van der Waals surface area contributed by atoms with Crippen LogP contribution in [0.15, 0.2) is 35.8 Å². The molecule has 0 aliphatic carbocycles. The van der Waals surface area contributed by atoms with Crippen molar-refractivity contribution < 1.29 is 0 Å². The van der Waals surface area contributed by atoms with Gasteiger partial charge < -0.3 is 0 Å². The largest absolute Gasteiger partial charge is 0.259 e. The molecule has 0 amide bonds. The molecular formula is C14H17NS. The Kier molecular flexibility index (Phi) is 4.93. The first-order valence-electron chi connectivity index (χ1n) is 5.49. The molecule has 2 aromatic rings. The lowest BCUT2D eigenvalue weighted by Gasteiger charge is -1.91. The molecule has 0 aliphatic rings. The first-order chi connectivity index (χ1) is 7.86. The second-order valence-electron chi connectivity index (χ2n) is 2.90. The van der Waals surface area contributed by atoms with Crippen molar-refractivity contribution in [3.05, 3.63) is 35.7 Å². The van der Waals surface area contributed by atoms with Crippen LogP contribution in [0.4, 0.5) is 5.69 Å².